The van der Waals surface area contributed by atoms with Crippen molar-refractivity contribution in [2.45, 2.75) is 19.4 Å². The van der Waals surface area contributed by atoms with Gasteiger partial charge in [0.1, 0.15) is 17.3 Å². The molecule has 0 radical (unpaired) electrons. The van der Waals surface area contributed by atoms with Gasteiger partial charge in [-0.05, 0) is 66.4 Å². The lowest BCUT2D eigenvalue weighted by molar-refractivity contribution is -0.139. The zero-order valence-corrected chi connectivity index (χ0v) is 22.1. The molecular formula is C29H27ClFNO6. The number of aryl methyl sites for hydroxylation is 1. The number of aliphatic hydroxyl groups is 1. The van der Waals surface area contributed by atoms with E-state index in [1.165, 1.54) is 38.4 Å². The Kier molecular flexibility index (Phi) is 7.92. The van der Waals surface area contributed by atoms with Gasteiger partial charge in [0.25, 0.3) is 11.7 Å². The van der Waals surface area contributed by atoms with E-state index in [9.17, 15) is 19.1 Å². The highest BCUT2D eigenvalue weighted by molar-refractivity contribution is 6.46. The second-order valence-corrected chi connectivity index (χ2v) is 9.22. The molecule has 0 spiro atoms. The summed E-state index contributed by atoms with van der Waals surface area (Å²) < 4.78 is 29.6. The number of hydrogen-bond donors (Lipinski definition) is 1. The van der Waals surface area contributed by atoms with Crippen LogP contribution in [0.2, 0.25) is 5.02 Å². The second-order valence-electron chi connectivity index (χ2n) is 8.81. The maximum atomic E-state index is 13.4. The van der Waals surface area contributed by atoms with Gasteiger partial charge in [-0.3, -0.25) is 9.59 Å². The van der Waals surface area contributed by atoms with Crippen LogP contribution in [-0.2, 0) is 16.0 Å². The summed E-state index contributed by atoms with van der Waals surface area (Å²) in [5.74, 6) is -1.36. The number of carbonyl (C=O) groups is 2. The van der Waals surface area contributed by atoms with Crippen molar-refractivity contribution in [2.75, 3.05) is 27.9 Å². The third-order valence-corrected chi connectivity index (χ3v) is 6.75. The summed E-state index contributed by atoms with van der Waals surface area (Å²) in [4.78, 5) is 28.2. The van der Waals surface area contributed by atoms with Crippen LogP contribution >= 0.6 is 11.6 Å². The molecule has 0 aromatic heterocycles. The van der Waals surface area contributed by atoms with E-state index in [0.29, 0.717) is 23.5 Å². The lowest BCUT2D eigenvalue weighted by Crippen LogP contribution is -2.31. The Morgan fingerprint density at radius 3 is 2.29 bits per heavy atom. The van der Waals surface area contributed by atoms with Gasteiger partial charge in [0, 0.05) is 6.54 Å². The minimum absolute atomic E-state index is 0.110. The van der Waals surface area contributed by atoms with E-state index in [1.807, 2.05) is 0 Å². The first-order valence-electron chi connectivity index (χ1n) is 11.8. The summed E-state index contributed by atoms with van der Waals surface area (Å²) in [5, 5.41) is 11.8. The minimum atomic E-state index is -0.945. The van der Waals surface area contributed by atoms with E-state index >= 15 is 0 Å². The first kappa shape index (κ1) is 27.0. The molecule has 1 amide bonds. The predicted molar refractivity (Wildman–Crippen MR) is 141 cm³/mol. The molecule has 198 valence electrons. The molecule has 1 unspecified atom stereocenters. The van der Waals surface area contributed by atoms with Crippen molar-refractivity contribution >= 4 is 29.1 Å². The monoisotopic (exact) mass is 539 g/mol. The molecule has 9 heteroatoms. The fraction of sp³-hybridized carbons (Fsp3) is 0.241. The Morgan fingerprint density at radius 2 is 1.66 bits per heavy atom. The van der Waals surface area contributed by atoms with Gasteiger partial charge in [0.2, 0.25) is 0 Å². The summed E-state index contributed by atoms with van der Waals surface area (Å²) >= 11 is 6.36. The molecule has 3 aromatic rings. The van der Waals surface area contributed by atoms with E-state index < -0.39 is 23.5 Å². The van der Waals surface area contributed by atoms with Crippen LogP contribution in [0.4, 0.5) is 4.39 Å². The number of Topliss-reactive ketones (excluding diaryl/α,β-unsaturated/α-hetero) is 1. The van der Waals surface area contributed by atoms with Crippen molar-refractivity contribution in [3.05, 3.63) is 93.3 Å². The fourth-order valence-electron chi connectivity index (χ4n) is 4.64. The molecule has 38 heavy (non-hydrogen) atoms. The summed E-state index contributed by atoms with van der Waals surface area (Å²) in [6, 6.07) is 13.3. The molecule has 1 fully saturated rings. The van der Waals surface area contributed by atoms with Crippen molar-refractivity contribution in [1.82, 2.24) is 4.90 Å². The zero-order valence-electron chi connectivity index (χ0n) is 21.4. The van der Waals surface area contributed by atoms with E-state index in [-0.39, 0.29) is 34.3 Å². The highest BCUT2D eigenvalue weighted by Crippen LogP contribution is 2.44. The molecule has 3 aromatic carbocycles. The van der Waals surface area contributed by atoms with Crippen LogP contribution in [0, 0.1) is 12.7 Å². The maximum Gasteiger partial charge on any atom is 0.295 e. The normalized spacial score (nSPS) is 16.6. The SMILES string of the molecule is COc1ccc(C2/C(=C(\O)c3cc(C)cc(Cl)c3OC)C(=O)C(=O)N2CCc2ccc(F)cc2)cc1OC. The summed E-state index contributed by atoms with van der Waals surface area (Å²) in [6.07, 6.45) is 0.358. The van der Waals surface area contributed by atoms with Gasteiger partial charge < -0.3 is 24.2 Å². The zero-order chi connectivity index (χ0) is 27.6. The molecular weight excluding hydrogens is 513 g/mol. The predicted octanol–water partition coefficient (Wildman–Crippen LogP) is 5.48. The van der Waals surface area contributed by atoms with Gasteiger partial charge in [-0.25, -0.2) is 4.39 Å². The van der Waals surface area contributed by atoms with E-state index in [1.54, 1.807) is 49.4 Å². The third kappa shape index (κ3) is 5.04. The van der Waals surface area contributed by atoms with Gasteiger partial charge in [0.15, 0.2) is 11.5 Å². The molecule has 1 N–H and O–H groups in total. The fourth-order valence-corrected chi connectivity index (χ4v) is 4.99. The summed E-state index contributed by atoms with van der Waals surface area (Å²) in [7, 11) is 4.38. The number of carbonyl (C=O) groups excluding carboxylic acids is 2. The Labute approximate surface area is 225 Å². The van der Waals surface area contributed by atoms with Crippen LogP contribution in [0.1, 0.15) is 28.3 Å². The number of nitrogens with zero attached hydrogens (tertiary/aromatic N) is 1. The van der Waals surface area contributed by atoms with Crippen molar-refractivity contribution in [3.8, 4) is 17.2 Å². The summed E-state index contributed by atoms with van der Waals surface area (Å²) in [6.45, 7) is 1.92. The van der Waals surface area contributed by atoms with Crippen molar-refractivity contribution < 1.29 is 33.3 Å². The molecule has 1 heterocycles. The van der Waals surface area contributed by atoms with Crippen LogP contribution in [0.3, 0.4) is 0 Å². The average molecular weight is 540 g/mol. The number of aliphatic hydroxyl groups excluding tert-OH is 1. The first-order valence-corrected chi connectivity index (χ1v) is 12.2. The molecule has 1 atom stereocenters. The Morgan fingerprint density at radius 1 is 0.974 bits per heavy atom. The van der Waals surface area contributed by atoms with Crippen LogP contribution in [0.25, 0.3) is 5.76 Å². The maximum absolute atomic E-state index is 13.4. The number of rotatable bonds is 8. The lowest BCUT2D eigenvalue weighted by Gasteiger charge is -2.26. The quantitative estimate of drug-likeness (QED) is 0.232. The number of methoxy groups -OCH3 is 3. The number of halogens is 2. The van der Waals surface area contributed by atoms with Crippen LogP contribution in [0.5, 0.6) is 17.2 Å². The highest BCUT2D eigenvalue weighted by atomic mass is 35.5. The number of hydrogen-bond acceptors (Lipinski definition) is 6. The third-order valence-electron chi connectivity index (χ3n) is 6.47. The average Bonchev–Trinajstić information content (AvgIpc) is 3.16. The number of likely N-dealkylation sites (tertiary alicyclic amines) is 1. The molecule has 1 aliphatic rings. The van der Waals surface area contributed by atoms with E-state index in [0.717, 1.165) is 11.1 Å². The Bertz CT molecular complexity index is 1420. The topological polar surface area (TPSA) is 85.3 Å². The van der Waals surface area contributed by atoms with Gasteiger partial charge in [0.05, 0.1) is 43.5 Å². The Hall–Kier alpha value is -4.04. The van der Waals surface area contributed by atoms with Crippen LogP contribution < -0.4 is 14.2 Å². The van der Waals surface area contributed by atoms with Crippen molar-refractivity contribution in [3.63, 3.8) is 0 Å². The molecule has 0 saturated carbocycles. The van der Waals surface area contributed by atoms with Gasteiger partial charge in [-0.15, -0.1) is 0 Å². The van der Waals surface area contributed by atoms with E-state index in [2.05, 4.69) is 0 Å². The smallest absolute Gasteiger partial charge is 0.295 e. The minimum Gasteiger partial charge on any atom is -0.507 e. The van der Waals surface area contributed by atoms with Crippen molar-refractivity contribution in [1.29, 1.82) is 0 Å². The van der Waals surface area contributed by atoms with Crippen molar-refractivity contribution in [2.24, 2.45) is 0 Å². The molecule has 4 rings (SSSR count). The largest absolute Gasteiger partial charge is 0.507 e. The molecule has 0 bridgehead atoms. The molecule has 0 aliphatic carbocycles. The standard InChI is InChI=1S/C29H27ClFNO6/c1-16-13-20(28(38-4)21(30)14-16)26(33)24-25(18-7-10-22(36-2)23(15-18)37-3)32(29(35)27(24)34)12-11-17-5-8-19(31)9-6-17/h5-10,13-15,25,33H,11-12H2,1-4H3/b26-24+. The van der Waals surface area contributed by atoms with Crippen LogP contribution in [-0.4, -0.2) is 49.6 Å². The van der Waals surface area contributed by atoms with Crippen LogP contribution in [0.15, 0.2) is 60.2 Å². The molecule has 7 nitrogen and oxygen atoms in total. The summed E-state index contributed by atoms with van der Waals surface area (Å²) in [5.41, 5.74) is 2.12. The number of amides is 1. The number of ether oxygens (including phenoxy) is 3. The number of benzene rings is 3. The molecule has 1 saturated heterocycles. The second kappa shape index (κ2) is 11.1. The van der Waals surface area contributed by atoms with Gasteiger partial charge in [-0.1, -0.05) is 29.8 Å². The van der Waals surface area contributed by atoms with Gasteiger partial charge >= 0.3 is 0 Å². The number of ketones is 1. The van der Waals surface area contributed by atoms with Gasteiger partial charge in [-0.2, -0.15) is 0 Å². The van der Waals surface area contributed by atoms with E-state index in [4.69, 9.17) is 25.8 Å². The lowest BCUT2D eigenvalue weighted by atomic mass is 9.94. The molecule has 1 aliphatic heterocycles. The Balaban J connectivity index is 1.88. The highest BCUT2D eigenvalue weighted by Gasteiger charge is 2.46. The first-order chi connectivity index (χ1) is 18.2.